The van der Waals surface area contributed by atoms with Gasteiger partial charge < -0.3 is 0 Å². The van der Waals surface area contributed by atoms with Crippen LogP contribution in [0.4, 0.5) is 0 Å². The van der Waals surface area contributed by atoms with Crippen molar-refractivity contribution in [2.75, 3.05) is 5.75 Å². The second-order valence-corrected chi connectivity index (χ2v) is 8.75. The second-order valence-electron chi connectivity index (χ2n) is 7.37. The zero-order valence-corrected chi connectivity index (χ0v) is 19.8. The van der Waals surface area contributed by atoms with E-state index in [-0.39, 0.29) is 11.7 Å². The summed E-state index contributed by atoms with van der Waals surface area (Å²) in [6.07, 6.45) is 0. The maximum atomic E-state index is 12.5. The number of halogens is 1. The molecule has 1 amide bonds. The molecule has 0 saturated carbocycles. The Balaban J connectivity index is 1.51. The predicted octanol–water partition coefficient (Wildman–Crippen LogP) is 5.53. The summed E-state index contributed by atoms with van der Waals surface area (Å²) in [5.41, 5.74) is 7.28. The zero-order chi connectivity index (χ0) is 23.2. The van der Waals surface area contributed by atoms with Gasteiger partial charge >= 0.3 is 0 Å². The lowest BCUT2D eigenvalue weighted by atomic mass is 10.1. The molecule has 33 heavy (non-hydrogen) atoms. The number of amides is 1. The summed E-state index contributed by atoms with van der Waals surface area (Å²) >= 11 is 7.37. The number of carbonyl (C=O) groups is 1. The number of aryl methyl sites for hydroxylation is 1. The summed E-state index contributed by atoms with van der Waals surface area (Å²) in [7, 11) is 0. The summed E-state index contributed by atoms with van der Waals surface area (Å²) in [6.45, 7) is 3.89. The van der Waals surface area contributed by atoms with Gasteiger partial charge in [0.1, 0.15) is 0 Å². The number of nitrogens with one attached hydrogen (secondary N) is 1. The number of rotatable bonds is 7. The fourth-order valence-corrected chi connectivity index (χ4v) is 4.00. The van der Waals surface area contributed by atoms with Gasteiger partial charge in [0.05, 0.1) is 11.5 Å². The molecule has 0 bridgehead atoms. The minimum atomic E-state index is -0.224. The normalized spacial score (nSPS) is 11.4. The Morgan fingerprint density at radius 2 is 1.70 bits per heavy atom. The van der Waals surface area contributed by atoms with Crippen LogP contribution in [0.2, 0.25) is 5.02 Å². The molecule has 0 unspecified atom stereocenters. The number of hydrogen-bond donors (Lipinski definition) is 1. The molecular weight excluding hydrogens is 454 g/mol. The summed E-state index contributed by atoms with van der Waals surface area (Å²) < 4.78 is 1.92. The van der Waals surface area contributed by atoms with Gasteiger partial charge in [-0.2, -0.15) is 5.10 Å². The van der Waals surface area contributed by atoms with Crippen LogP contribution in [0, 0.1) is 6.92 Å². The molecule has 6 nitrogen and oxygen atoms in total. The Hall–Kier alpha value is -3.42. The van der Waals surface area contributed by atoms with Crippen LogP contribution in [0.5, 0.6) is 0 Å². The SMILES string of the molecule is C/C(=N\NC(=O)CSc1nnc(-c2ccccc2)n1-c1ccc(Cl)cc1)c1ccc(C)cc1. The first-order chi connectivity index (χ1) is 16.0. The highest BCUT2D eigenvalue weighted by Crippen LogP contribution is 2.28. The number of carbonyl (C=O) groups excluding carboxylic acids is 1. The van der Waals surface area contributed by atoms with E-state index in [2.05, 4.69) is 20.7 Å². The highest BCUT2D eigenvalue weighted by Gasteiger charge is 2.17. The fraction of sp³-hybridized carbons (Fsp3) is 0.120. The number of benzene rings is 3. The van der Waals surface area contributed by atoms with Crippen LogP contribution < -0.4 is 5.43 Å². The van der Waals surface area contributed by atoms with Gasteiger partial charge in [0, 0.05) is 16.3 Å². The molecule has 4 rings (SSSR count). The molecule has 8 heteroatoms. The van der Waals surface area contributed by atoms with Crippen LogP contribution in [0.25, 0.3) is 17.1 Å². The average molecular weight is 476 g/mol. The van der Waals surface area contributed by atoms with Crippen molar-refractivity contribution in [3.05, 3.63) is 95.0 Å². The van der Waals surface area contributed by atoms with Crippen molar-refractivity contribution >= 4 is 35.0 Å². The molecule has 3 aromatic carbocycles. The van der Waals surface area contributed by atoms with Gasteiger partial charge in [-0.1, -0.05) is 83.5 Å². The molecule has 0 saturated heterocycles. The minimum Gasteiger partial charge on any atom is -0.272 e. The Labute approximate surface area is 201 Å². The van der Waals surface area contributed by atoms with Crippen molar-refractivity contribution in [2.24, 2.45) is 5.10 Å². The van der Waals surface area contributed by atoms with Crippen LogP contribution in [-0.2, 0) is 4.79 Å². The predicted molar refractivity (Wildman–Crippen MR) is 134 cm³/mol. The Morgan fingerprint density at radius 3 is 2.39 bits per heavy atom. The molecule has 4 aromatic rings. The first-order valence-corrected chi connectivity index (χ1v) is 11.7. The highest BCUT2D eigenvalue weighted by atomic mass is 35.5. The molecule has 0 atom stereocenters. The van der Waals surface area contributed by atoms with E-state index in [9.17, 15) is 4.79 Å². The van der Waals surface area contributed by atoms with Crippen molar-refractivity contribution in [1.29, 1.82) is 0 Å². The average Bonchev–Trinajstić information content (AvgIpc) is 3.26. The third kappa shape index (κ3) is 5.69. The molecule has 0 spiro atoms. The zero-order valence-electron chi connectivity index (χ0n) is 18.2. The van der Waals surface area contributed by atoms with Crippen molar-refractivity contribution in [2.45, 2.75) is 19.0 Å². The maximum absolute atomic E-state index is 12.5. The molecule has 1 aromatic heterocycles. The number of thioether (sulfide) groups is 1. The molecular formula is C25H22ClN5OS. The van der Waals surface area contributed by atoms with E-state index in [1.54, 1.807) is 0 Å². The van der Waals surface area contributed by atoms with E-state index in [0.29, 0.717) is 16.0 Å². The lowest BCUT2D eigenvalue weighted by molar-refractivity contribution is -0.118. The smallest absolute Gasteiger partial charge is 0.250 e. The van der Waals surface area contributed by atoms with Crippen molar-refractivity contribution < 1.29 is 4.79 Å². The van der Waals surface area contributed by atoms with E-state index in [1.807, 2.05) is 97.3 Å². The van der Waals surface area contributed by atoms with Crippen LogP contribution in [0.3, 0.4) is 0 Å². The number of aromatic nitrogens is 3. The molecule has 0 aliphatic rings. The van der Waals surface area contributed by atoms with Crippen molar-refractivity contribution in [1.82, 2.24) is 20.2 Å². The van der Waals surface area contributed by atoms with E-state index in [0.717, 1.165) is 22.5 Å². The topological polar surface area (TPSA) is 72.2 Å². The number of nitrogens with zero attached hydrogens (tertiary/aromatic N) is 4. The van der Waals surface area contributed by atoms with Crippen LogP contribution in [0.1, 0.15) is 18.1 Å². The van der Waals surface area contributed by atoms with Crippen LogP contribution in [-0.4, -0.2) is 32.1 Å². The Kier molecular flexibility index (Phi) is 7.22. The van der Waals surface area contributed by atoms with E-state index in [4.69, 9.17) is 11.6 Å². The Bertz CT molecular complexity index is 1270. The van der Waals surface area contributed by atoms with Crippen molar-refractivity contribution in [3.63, 3.8) is 0 Å². The Morgan fingerprint density at radius 1 is 1.00 bits per heavy atom. The second kappa shape index (κ2) is 10.5. The van der Waals surface area contributed by atoms with Gasteiger partial charge in [-0.05, 0) is 43.7 Å². The standard InChI is InChI=1S/C25H22ClN5OS/c1-17-8-10-19(11-9-17)18(2)27-28-23(32)16-33-25-30-29-24(20-6-4-3-5-7-20)31(25)22-14-12-21(26)13-15-22/h3-15H,16H2,1-2H3,(H,28,32)/b27-18+. The minimum absolute atomic E-state index is 0.144. The lowest BCUT2D eigenvalue weighted by Crippen LogP contribution is -2.21. The fourth-order valence-electron chi connectivity index (χ4n) is 3.13. The molecule has 1 N–H and O–H groups in total. The quantitative estimate of drug-likeness (QED) is 0.217. The maximum Gasteiger partial charge on any atom is 0.250 e. The number of hydrogen-bond acceptors (Lipinski definition) is 5. The third-order valence-electron chi connectivity index (χ3n) is 4.90. The molecule has 0 fully saturated rings. The third-order valence-corrected chi connectivity index (χ3v) is 6.08. The lowest BCUT2D eigenvalue weighted by Gasteiger charge is -2.10. The molecule has 166 valence electrons. The molecule has 0 radical (unpaired) electrons. The monoisotopic (exact) mass is 475 g/mol. The first-order valence-electron chi connectivity index (χ1n) is 10.3. The largest absolute Gasteiger partial charge is 0.272 e. The van der Waals surface area contributed by atoms with Gasteiger partial charge in [0.25, 0.3) is 5.91 Å². The van der Waals surface area contributed by atoms with Crippen LogP contribution in [0.15, 0.2) is 89.1 Å². The van der Waals surface area contributed by atoms with Gasteiger partial charge in [0.2, 0.25) is 0 Å². The van der Waals surface area contributed by atoms with E-state index in [1.165, 1.54) is 17.3 Å². The first kappa shape index (κ1) is 22.8. The van der Waals surface area contributed by atoms with Crippen LogP contribution >= 0.6 is 23.4 Å². The molecule has 0 aliphatic heterocycles. The summed E-state index contributed by atoms with van der Waals surface area (Å²) in [4.78, 5) is 12.5. The molecule has 1 heterocycles. The highest BCUT2D eigenvalue weighted by molar-refractivity contribution is 7.99. The summed E-state index contributed by atoms with van der Waals surface area (Å²) in [5, 5.41) is 14.2. The van der Waals surface area contributed by atoms with Gasteiger partial charge in [-0.15, -0.1) is 10.2 Å². The molecule has 0 aliphatic carbocycles. The van der Waals surface area contributed by atoms with Gasteiger partial charge in [-0.3, -0.25) is 9.36 Å². The van der Waals surface area contributed by atoms with Gasteiger partial charge in [-0.25, -0.2) is 5.43 Å². The van der Waals surface area contributed by atoms with E-state index < -0.39 is 0 Å². The van der Waals surface area contributed by atoms with Crippen molar-refractivity contribution in [3.8, 4) is 17.1 Å². The summed E-state index contributed by atoms with van der Waals surface area (Å²) in [5.74, 6) is 0.609. The number of hydrazone groups is 1. The van der Waals surface area contributed by atoms with E-state index >= 15 is 0 Å². The van der Waals surface area contributed by atoms with Gasteiger partial charge in [0.15, 0.2) is 11.0 Å². The summed E-state index contributed by atoms with van der Waals surface area (Å²) in [6, 6.07) is 25.2.